The monoisotopic (exact) mass is 417 g/mol. The molecule has 1 fully saturated rings. The normalized spacial score (nSPS) is 15.7. The largest absolute Gasteiger partial charge is 0.457 e. The highest BCUT2D eigenvalue weighted by Gasteiger charge is 2.32. The summed E-state index contributed by atoms with van der Waals surface area (Å²) in [5, 5.41) is 13.4. The number of hydrogen-bond donors (Lipinski definition) is 1. The van der Waals surface area contributed by atoms with Crippen molar-refractivity contribution in [2.75, 3.05) is 6.54 Å². The van der Waals surface area contributed by atoms with Crippen molar-refractivity contribution >= 4 is 52.5 Å². The van der Waals surface area contributed by atoms with E-state index in [2.05, 4.69) is 11.9 Å². The van der Waals surface area contributed by atoms with Crippen molar-refractivity contribution in [3.05, 3.63) is 69.5 Å². The third-order valence-corrected chi connectivity index (χ3v) is 4.47. The van der Waals surface area contributed by atoms with Crippen molar-refractivity contribution in [2.45, 2.75) is 0 Å². The summed E-state index contributed by atoms with van der Waals surface area (Å²) in [7, 11) is 0. The molecule has 0 bridgehead atoms. The number of non-ortho nitro benzene ring substituents is 1. The maximum atomic E-state index is 12.5. The van der Waals surface area contributed by atoms with Crippen LogP contribution in [0.4, 0.5) is 5.69 Å². The zero-order chi connectivity index (χ0) is 20.4. The molecule has 8 nitrogen and oxygen atoms in total. The van der Waals surface area contributed by atoms with E-state index in [1.54, 1.807) is 12.1 Å². The minimum atomic E-state index is -0.637. The van der Waals surface area contributed by atoms with Gasteiger partial charge in [-0.3, -0.25) is 29.9 Å². The second kappa shape index (κ2) is 7.75. The Hall–Kier alpha value is -3.30. The maximum absolute atomic E-state index is 12.5. The highest BCUT2D eigenvalue weighted by Crippen LogP contribution is 2.32. The Morgan fingerprint density at radius 3 is 2.71 bits per heavy atom. The number of rotatable bonds is 5. The number of nitro benzene ring substituents is 1. The van der Waals surface area contributed by atoms with Crippen molar-refractivity contribution in [3.8, 4) is 11.3 Å². The molecule has 1 aromatic heterocycles. The molecule has 0 spiro atoms. The third-order valence-electron chi connectivity index (χ3n) is 3.84. The van der Waals surface area contributed by atoms with Crippen LogP contribution in [-0.4, -0.2) is 33.3 Å². The van der Waals surface area contributed by atoms with E-state index in [0.717, 1.165) is 0 Å². The Labute approximate surface area is 169 Å². The number of hydrogen-bond acceptors (Lipinski definition) is 6. The molecule has 142 valence electrons. The van der Waals surface area contributed by atoms with Crippen molar-refractivity contribution in [1.82, 2.24) is 10.2 Å². The second-order valence-electron chi connectivity index (χ2n) is 5.64. The number of carbonyl (C=O) groups is 2. The molecular weight excluding hydrogens is 406 g/mol. The van der Waals surface area contributed by atoms with Crippen LogP contribution in [0.2, 0.25) is 5.02 Å². The van der Waals surface area contributed by atoms with Gasteiger partial charge >= 0.3 is 0 Å². The number of thiocarbonyl (C=S) groups is 1. The van der Waals surface area contributed by atoms with E-state index < -0.39 is 16.7 Å². The zero-order valence-electron chi connectivity index (χ0n) is 14.2. The van der Waals surface area contributed by atoms with Gasteiger partial charge in [0, 0.05) is 24.2 Å². The van der Waals surface area contributed by atoms with Crippen LogP contribution in [-0.2, 0) is 9.59 Å². The summed E-state index contributed by atoms with van der Waals surface area (Å²) in [6.45, 7) is 3.70. The summed E-state index contributed by atoms with van der Waals surface area (Å²) in [4.78, 5) is 36.1. The Morgan fingerprint density at radius 1 is 1.32 bits per heavy atom. The van der Waals surface area contributed by atoms with Crippen LogP contribution in [0.1, 0.15) is 5.76 Å². The second-order valence-corrected chi connectivity index (χ2v) is 6.44. The molecule has 2 amide bonds. The third kappa shape index (κ3) is 3.71. The first-order valence-electron chi connectivity index (χ1n) is 7.85. The van der Waals surface area contributed by atoms with Crippen LogP contribution in [0.25, 0.3) is 17.4 Å². The van der Waals surface area contributed by atoms with Crippen LogP contribution in [0, 0.1) is 10.1 Å². The minimum absolute atomic E-state index is 0.00449. The molecule has 3 rings (SSSR count). The maximum Gasteiger partial charge on any atom is 0.270 e. The summed E-state index contributed by atoms with van der Waals surface area (Å²) in [6, 6.07) is 7.10. The first kappa shape index (κ1) is 19.5. The Morgan fingerprint density at radius 2 is 2.07 bits per heavy atom. The van der Waals surface area contributed by atoms with Gasteiger partial charge in [0.2, 0.25) is 0 Å². The molecule has 28 heavy (non-hydrogen) atoms. The molecule has 2 aromatic rings. The van der Waals surface area contributed by atoms with Gasteiger partial charge in [-0.15, -0.1) is 6.58 Å². The van der Waals surface area contributed by atoms with E-state index in [9.17, 15) is 19.7 Å². The molecule has 1 aromatic carbocycles. The van der Waals surface area contributed by atoms with Crippen LogP contribution in [0.3, 0.4) is 0 Å². The molecule has 1 aliphatic heterocycles. The van der Waals surface area contributed by atoms with Gasteiger partial charge in [0.25, 0.3) is 17.5 Å². The predicted molar refractivity (Wildman–Crippen MR) is 106 cm³/mol. The fraction of sp³-hybridized carbons (Fsp3) is 0.0556. The quantitative estimate of drug-likeness (QED) is 0.200. The number of halogens is 1. The number of benzene rings is 1. The van der Waals surface area contributed by atoms with Crippen LogP contribution < -0.4 is 5.32 Å². The van der Waals surface area contributed by atoms with Crippen LogP contribution in [0.5, 0.6) is 0 Å². The summed E-state index contributed by atoms with van der Waals surface area (Å²) >= 11 is 11.1. The summed E-state index contributed by atoms with van der Waals surface area (Å²) < 4.78 is 5.64. The first-order chi connectivity index (χ1) is 13.3. The average molecular weight is 418 g/mol. The molecular formula is C18H12ClN3O5S. The van der Waals surface area contributed by atoms with Crippen LogP contribution >= 0.6 is 23.8 Å². The molecule has 1 aliphatic rings. The van der Waals surface area contributed by atoms with Crippen molar-refractivity contribution in [3.63, 3.8) is 0 Å². The van der Waals surface area contributed by atoms with E-state index in [1.807, 2.05) is 0 Å². The van der Waals surface area contributed by atoms with Gasteiger partial charge in [-0.05, 0) is 36.5 Å². The van der Waals surface area contributed by atoms with Gasteiger partial charge in [0.15, 0.2) is 5.11 Å². The molecule has 1 N–H and O–H groups in total. The molecule has 2 heterocycles. The molecule has 0 radical (unpaired) electrons. The Kier molecular flexibility index (Phi) is 5.39. The van der Waals surface area contributed by atoms with E-state index in [-0.39, 0.29) is 33.7 Å². The summed E-state index contributed by atoms with van der Waals surface area (Å²) in [5.74, 6) is -0.648. The number of carbonyl (C=O) groups excluding carboxylic acids is 2. The van der Waals surface area contributed by atoms with E-state index in [0.29, 0.717) is 11.3 Å². The van der Waals surface area contributed by atoms with Gasteiger partial charge in [-0.1, -0.05) is 17.7 Å². The molecule has 0 unspecified atom stereocenters. The number of nitrogens with zero attached hydrogens (tertiary/aromatic N) is 2. The highest BCUT2D eigenvalue weighted by molar-refractivity contribution is 7.80. The van der Waals surface area contributed by atoms with E-state index in [1.165, 1.54) is 35.3 Å². The van der Waals surface area contributed by atoms with Gasteiger partial charge in [0.05, 0.1) is 9.95 Å². The highest BCUT2D eigenvalue weighted by atomic mass is 35.5. The molecule has 0 atom stereocenters. The molecule has 1 saturated heterocycles. The number of amides is 2. The van der Waals surface area contributed by atoms with Crippen LogP contribution in [0.15, 0.2) is 53.0 Å². The topological polar surface area (TPSA) is 106 Å². The minimum Gasteiger partial charge on any atom is -0.457 e. The molecule has 10 heteroatoms. The summed E-state index contributed by atoms with van der Waals surface area (Å²) in [6.07, 6.45) is 2.78. The van der Waals surface area contributed by atoms with Gasteiger partial charge in [0.1, 0.15) is 17.1 Å². The van der Waals surface area contributed by atoms with E-state index >= 15 is 0 Å². The Balaban J connectivity index is 1.92. The van der Waals surface area contributed by atoms with Gasteiger partial charge in [-0.25, -0.2) is 0 Å². The smallest absolute Gasteiger partial charge is 0.270 e. The van der Waals surface area contributed by atoms with Gasteiger partial charge in [-0.2, -0.15) is 0 Å². The standard InChI is InChI=1S/C18H12ClN3O5S/c1-2-7-21-17(24)13(16(23)20-18(21)28)9-11-4-6-15(27-11)12-5-3-10(22(25)26)8-14(12)19/h2-6,8-9H,1,7H2,(H,20,23,28)/b13-9-. The number of nitrogens with one attached hydrogen (secondary N) is 1. The number of nitro groups is 1. The fourth-order valence-corrected chi connectivity index (χ4v) is 3.04. The molecule has 0 aliphatic carbocycles. The Bertz CT molecular complexity index is 1060. The summed E-state index contributed by atoms with van der Waals surface area (Å²) in [5.41, 5.74) is 0.141. The van der Waals surface area contributed by atoms with E-state index in [4.69, 9.17) is 28.2 Å². The van der Waals surface area contributed by atoms with Crippen molar-refractivity contribution < 1.29 is 18.9 Å². The average Bonchev–Trinajstić information content (AvgIpc) is 3.10. The lowest BCUT2D eigenvalue weighted by Crippen LogP contribution is -2.53. The lowest BCUT2D eigenvalue weighted by Gasteiger charge is -2.27. The number of furan rings is 1. The first-order valence-corrected chi connectivity index (χ1v) is 8.64. The SMILES string of the molecule is C=CCN1C(=O)/C(=C\c2ccc(-c3ccc([N+](=O)[O-])cc3Cl)o2)C(=O)NC1=S. The van der Waals surface area contributed by atoms with Gasteiger partial charge < -0.3 is 4.42 Å². The lowest BCUT2D eigenvalue weighted by molar-refractivity contribution is -0.384. The molecule has 0 saturated carbocycles. The van der Waals surface area contributed by atoms with Crippen molar-refractivity contribution in [2.24, 2.45) is 0 Å². The predicted octanol–water partition coefficient (Wildman–Crippen LogP) is 3.32. The lowest BCUT2D eigenvalue weighted by atomic mass is 10.1. The van der Waals surface area contributed by atoms with Crippen molar-refractivity contribution in [1.29, 1.82) is 0 Å². The zero-order valence-corrected chi connectivity index (χ0v) is 15.7. The fourth-order valence-electron chi connectivity index (χ4n) is 2.52.